The molecule has 1 aromatic heterocycles. The molecule has 1 fully saturated rings. The highest BCUT2D eigenvalue weighted by Crippen LogP contribution is 2.12. The first-order valence-electron chi connectivity index (χ1n) is 6.80. The van der Waals surface area contributed by atoms with Crippen LogP contribution in [0.3, 0.4) is 0 Å². The second-order valence-corrected chi connectivity index (χ2v) is 6.06. The summed E-state index contributed by atoms with van der Waals surface area (Å²) in [6.45, 7) is 6.20. The number of nitrogens with one attached hydrogen (secondary N) is 1. The first-order valence-corrected chi connectivity index (χ1v) is 7.68. The molecule has 0 aromatic carbocycles. The Morgan fingerprint density at radius 3 is 2.60 bits per heavy atom. The standard InChI is InChI=1S/C14H20N2O3S/c1-10(2)12(14(18)16-5-7-19-8-6-16)15-13(17)11-4-3-9-20-11/h3-4,9-10,12H,5-8H2,1-2H3,(H,15,17)/t12-/m1/s1. The predicted molar refractivity (Wildman–Crippen MR) is 77.8 cm³/mol. The third-order valence-electron chi connectivity index (χ3n) is 3.29. The molecule has 6 heteroatoms. The first-order chi connectivity index (χ1) is 9.59. The molecule has 1 saturated heterocycles. The van der Waals surface area contributed by atoms with Crippen LogP contribution in [-0.2, 0) is 9.53 Å². The van der Waals surface area contributed by atoms with Gasteiger partial charge in [0.25, 0.3) is 5.91 Å². The van der Waals surface area contributed by atoms with Crippen molar-refractivity contribution in [2.24, 2.45) is 5.92 Å². The first kappa shape index (κ1) is 15.0. The molecule has 1 atom stereocenters. The van der Waals surface area contributed by atoms with E-state index in [1.54, 1.807) is 11.0 Å². The van der Waals surface area contributed by atoms with Crippen molar-refractivity contribution in [2.45, 2.75) is 19.9 Å². The van der Waals surface area contributed by atoms with E-state index in [-0.39, 0.29) is 17.7 Å². The Bertz CT molecular complexity index is 453. The minimum absolute atomic E-state index is 0.0202. The Kier molecular flexibility index (Phi) is 5.14. The van der Waals surface area contributed by atoms with Gasteiger partial charge < -0.3 is 15.0 Å². The number of hydrogen-bond donors (Lipinski definition) is 1. The summed E-state index contributed by atoms with van der Waals surface area (Å²) in [5.41, 5.74) is 0. The summed E-state index contributed by atoms with van der Waals surface area (Å²) in [5.74, 6) is -0.150. The fraction of sp³-hybridized carbons (Fsp3) is 0.571. The van der Waals surface area contributed by atoms with E-state index >= 15 is 0 Å². The Morgan fingerprint density at radius 2 is 2.05 bits per heavy atom. The maximum absolute atomic E-state index is 12.5. The Balaban J connectivity index is 2.02. The minimum atomic E-state index is -0.484. The summed E-state index contributed by atoms with van der Waals surface area (Å²) in [4.78, 5) is 27.0. The van der Waals surface area contributed by atoms with Crippen LogP contribution in [0.2, 0.25) is 0 Å². The molecule has 0 bridgehead atoms. The van der Waals surface area contributed by atoms with Crippen LogP contribution in [0, 0.1) is 5.92 Å². The number of ether oxygens (including phenoxy) is 1. The molecule has 20 heavy (non-hydrogen) atoms. The third-order valence-corrected chi connectivity index (χ3v) is 4.16. The van der Waals surface area contributed by atoms with Gasteiger partial charge in [-0.25, -0.2) is 0 Å². The average molecular weight is 296 g/mol. The average Bonchev–Trinajstić information content (AvgIpc) is 2.98. The van der Waals surface area contributed by atoms with Gasteiger partial charge in [-0.3, -0.25) is 9.59 Å². The van der Waals surface area contributed by atoms with E-state index in [0.717, 1.165) is 0 Å². The molecule has 0 radical (unpaired) electrons. The van der Waals surface area contributed by atoms with Crippen molar-refractivity contribution < 1.29 is 14.3 Å². The van der Waals surface area contributed by atoms with E-state index < -0.39 is 6.04 Å². The Morgan fingerprint density at radius 1 is 1.35 bits per heavy atom. The predicted octanol–water partition coefficient (Wildman–Crippen LogP) is 1.36. The fourth-order valence-electron chi connectivity index (χ4n) is 2.11. The number of rotatable bonds is 4. The maximum atomic E-state index is 12.5. The van der Waals surface area contributed by atoms with Crippen LogP contribution < -0.4 is 5.32 Å². The normalized spacial score (nSPS) is 17.1. The molecule has 0 unspecified atom stereocenters. The lowest BCUT2D eigenvalue weighted by atomic mass is 10.0. The lowest BCUT2D eigenvalue weighted by Crippen LogP contribution is -2.53. The molecule has 110 valence electrons. The monoisotopic (exact) mass is 296 g/mol. The van der Waals surface area contributed by atoms with Crippen molar-refractivity contribution in [3.05, 3.63) is 22.4 Å². The SMILES string of the molecule is CC(C)[C@@H](NC(=O)c1cccs1)C(=O)N1CCOCC1. The number of thiophene rings is 1. The van der Waals surface area contributed by atoms with Gasteiger partial charge in [0.1, 0.15) is 6.04 Å². The molecule has 1 aliphatic rings. The van der Waals surface area contributed by atoms with Gasteiger partial charge in [-0.2, -0.15) is 0 Å². The van der Waals surface area contributed by atoms with Gasteiger partial charge in [0, 0.05) is 13.1 Å². The van der Waals surface area contributed by atoms with Gasteiger partial charge in [0.15, 0.2) is 0 Å². The van der Waals surface area contributed by atoms with E-state index in [2.05, 4.69) is 5.32 Å². The minimum Gasteiger partial charge on any atom is -0.378 e. The summed E-state index contributed by atoms with van der Waals surface area (Å²) in [5, 5.41) is 4.71. The zero-order valence-corrected chi connectivity index (χ0v) is 12.6. The van der Waals surface area contributed by atoms with Gasteiger partial charge in [-0.05, 0) is 17.4 Å². The summed E-state index contributed by atoms with van der Waals surface area (Å²) < 4.78 is 5.25. The largest absolute Gasteiger partial charge is 0.378 e. The van der Waals surface area contributed by atoms with Gasteiger partial charge >= 0.3 is 0 Å². The smallest absolute Gasteiger partial charge is 0.262 e. The van der Waals surface area contributed by atoms with Crippen LogP contribution in [0.4, 0.5) is 0 Å². The van der Waals surface area contributed by atoms with Crippen LogP contribution >= 0.6 is 11.3 Å². The lowest BCUT2D eigenvalue weighted by Gasteiger charge is -2.32. The number of hydrogen-bond acceptors (Lipinski definition) is 4. The topological polar surface area (TPSA) is 58.6 Å². The number of amides is 2. The molecular weight excluding hydrogens is 276 g/mol. The van der Waals surface area contributed by atoms with Crippen LogP contribution in [0.15, 0.2) is 17.5 Å². The molecule has 5 nitrogen and oxygen atoms in total. The van der Waals surface area contributed by atoms with Gasteiger partial charge in [0.2, 0.25) is 5.91 Å². The summed E-state index contributed by atoms with van der Waals surface area (Å²) in [6.07, 6.45) is 0. The Labute approximate surface area is 122 Å². The fourth-order valence-corrected chi connectivity index (χ4v) is 2.74. The second kappa shape index (κ2) is 6.85. The molecule has 0 spiro atoms. The highest BCUT2D eigenvalue weighted by molar-refractivity contribution is 7.12. The van der Waals surface area contributed by atoms with E-state index in [0.29, 0.717) is 31.2 Å². The lowest BCUT2D eigenvalue weighted by molar-refractivity contribution is -0.138. The van der Waals surface area contributed by atoms with Gasteiger partial charge in [-0.15, -0.1) is 11.3 Å². The third kappa shape index (κ3) is 3.58. The van der Waals surface area contributed by atoms with Crippen molar-refractivity contribution in [2.75, 3.05) is 26.3 Å². The summed E-state index contributed by atoms with van der Waals surface area (Å²) in [7, 11) is 0. The van der Waals surface area contributed by atoms with Gasteiger partial charge in [-0.1, -0.05) is 19.9 Å². The van der Waals surface area contributed by atoms with Crippen LogP contribution in [0.5, 0.6) is 0 Å². The van der Waals surface area contributed by atoms with Crippen molar-refractivity contribution in [3.8, 4) is 0 Å². The molecule has 2 amide bonds. The zero-order valence-electron chi connectivity index (χ0n) is 11.8. The molecule has 1 aromatic rings. The Hall–Kier alpha value is -1.40. The van der Waals surface area contributed by atoms with E-state index in [1.807, 2.05) is 25.3 Å². The van der Waals surface area contributed by atoms with Crippen molar-refractivity contribution in [3.63, 3.8) is 0 Å². The zero-order chi connectivity index (χ0) is 14.5. The van der Waals surface area contributed by atoms with Crippen LogP contribution in [0.1, 0.15) is 23.5 Å². The molecule has 0 aliphatic carbocycles. The molecule has 0 saturated carbocycles. The van der Waals surface area contributed by atoms with Crippen LogP contribution in [0.25, 0.3) is 0 Å². The van der Waals surface area contributed by atoms with Crippen molar-refractivity contribution in [1.82, 2.24) is 10.2 Å². The molecule has 1 aliphatic heterocycles. The summed E-state index contributed by atoms with van der Waals surface area (Å²) in [6, 6.07) is 3.10. The molecule has 2 rings (SSSR count). The van der Waals surface area contributed by atoms with E-state index in [9.17, 15) is 9.59 Å². The highest BCUT2D eigenvalue weighted by Gasteiger charge is 2.29. The van der Waals surface area contributed by atoms with Crippen molar-refractivity contribution in [1.29, 1.82) is 0 Å². The number of morpholine rings is 1. The molecule has 1 N–H and O–H groups in total. The van der Waals surface area contributed by atoms with E-state index in [4.69, 9.17) is 4.74 Å². The van der Waals surface area contributed by atoms with Gasteiger partial charge in [0.05, 0.1) is 18.1 Å². The number of carbonyl (C=O) groups is 2. The van der Waals surface area contributed by atoms with E-state index in [1.165, 1.54) is 11.3 Å². The molecular formula is C14H20N2O3S. The molecule has 2 heterocycles. The summed E-state index contributed by atoms with van der Waals surface area (Å²) >= 11 is 1.38. The van der Waals surface area contributed by atoms with Crippen molar-refractivity contribution >= 4 is 23.2 Å². The highest BCUT2D eigenvalue weighted by atomic mass is 32.1. The number of carbonyl (C=O) groups excluding carboxylic acids is 2. The maximum Gasteiger partial charge on any atom is 0.262 e. The van der Waals surface area contributed by atoms with Crippen LogP contribution in [-0.4, -0.2) is 49.1 Å². The second-order valence-electron chi connectivity index (χ2n) is 5.11. The number of nitrogens with zero attached hydrogens (tertiary/aromatic N) is 1. The quantitative estimate of drug-likeness (QED) is 0.913.